The van der Waals surface area contributed by atoms with Gasteiger partial charge in [-0.15, -0.1) is 0 Å². The minimum absolute atomic E-state index is 0.698. The number of guanidine groups is 1. The Morgan fingerprint density at radius 3 is 2.57 bits per heavy atom. The summed E-state index contributed by atoms with van der Waals surface area (Å²) in [6.07, 6.45) is 4.01. The van der Waals surface area contributed by atoms with Crippen LogP contribution in [0.25, 0.3) is 0 Å². The van der Waals surface area contributed by atoms with E-state index in [-0.39, 0.29) is 0 Å². The smallest absolute Gasteiger partial charge is 0.191 e. The number of nitrogens with zero attached hydrogens (tertiary/aromatic N) is 1. The van der Waals surface area contributed by atoms with Crippen LogP contribution >= 0.6 is 0 Å². The third-order valence-corrected chi connectivity index (χ3v) is 3.67. The molecule has 5 heteroatoms. The highest BCUT2D eigenvalue weighted by atomic mass is 16.5. The van der Waals surface area contributed by atoms with Crippen molar-refractivity contribution < 1.29 is 9.47 Å². The molecule has 1 aliphatic carbocycles. The highest BCUT2D eigenvalue weighted by molar-refractivity contribution is 5.79. The third kappa shape index (κ3) is 4.85. The molecule has 0 atom stereocenters. The molecule has 5 nitrogen and oxygen atoms in total. The van der Waals surface area contributed by atoms with Crippen LogP contribution in [-0.4, -0.2) is 33.8 Å². The molecular weight excluding hydrogens is 266 g/mol. The van der Waals surface area contributed by atoms with Crippen molar-refractivity contribution in [2.24, 2.45) is 10.9 Å². The molecule has 0 bridgehead atoms. The number of benzene rings is 1. The fourth-order valence-corrected chi connectivity index (χ4v) is 2.20. The van der Waals surface area contributed by atoms with Crippen LogP contribution in [0.3, 0.4) is 0 Å². The summed E-state index contributed by atoms with van der Waals surface area (Å²) in [5.41, 5.74) is 1.12. The second-order valence-electron chi connectivity index (χ2n) is 5.27. The fraction of sp³-hybridized carbons (Fsp3) is 0.562. The van der Waals surface area contributed by atoms with Gasteiger partial charge in [0, 0.05) is 20.1 Å². The molecule has 1 aromatic carbocycles. The van der Waals surface area contributed by atoms with Crippen LogP contribution in [0, 0.1) is 5.92 Å². The lowest BCUT2D eigenvalue weighted by atomic mass is 10.2. The largest absolute Gasteiger partial charge is 0.493 e. The molecule has 1 fully saturated rings. The van der Waals surface area contributed by atoms with Gasteiger partial charge in [0.05, 0.1) is 14.2 Å². The van der Waals surface area contributed by atoms with Crippen molar-refractivity contribution in [2.45, 2.75) is 25.8 Å². The summed E-state index contributed by atoms with van der Waals surface area (Å²) in [4.78, 5) is 4.24. The molecule has 0 saturated heterocycles. The molecule has 0 spiro atoms. The molecule has 116 valence electrons. The van der Waals surface area contributed by atoms with Gasteiger partial charge in [-0.3, -0.25) is 4.99 Å². The van der Waals surface area contributed by atoms with Gasteiger partial charge in [0.1, 0.15) is 0 Å². The highest BCUT2D eigenvalue weighted by Gasteiger charge is 2.20. The average molecular weight is 291 g/mol. The van der Waals surface area contributed by atoms with Gasteiger partial charge in [0.15, 0.2) is 17.5 Å². The number of hydrogen-bond donors (Lipinski definition) is 2. The first-order valence-corrected chi connectivity index (χ1v) is 7.42. The van der Waals surface area contributed by atoms with Crippen molar-refractivity contribution in [3.63, 3.8) is 0 Å². The van der Waals surface area contributed by atoms with E-state index in [0.29, 0.717) is 6.54 Å². The predicted molar refractivity (Wildman–Crippen MR) is 85.1 cm³/mol. The van der Waals surface area contributed by atoms with Crippen LogP contribution in [0.15, 0.2) is 23.2 Å². The summed E-state index contributed by atoms with van der Waals surface area (Å²) in [5, 5.41) is 6.66. The Morgan fingerprint density at radius 2 is 1.95 bits per heavy atom. The molecule has 1 aliphatic rings. The first-order valence-electron chi connectivity index (χ1n) is 7.42. The Kier molecular flexibility index (Phi) is 5.72. The summed E-state index contributed by atoms with van der Waals surface area (Å²) >= 11 is 0. The van der Waals surface area contributed by atoms with Crippen molar-refractivity contribution in [3.05, 3.63) is 23.8 Å². The van der Waals surface area contributed by atoms with Gasteiger partial charge in [-0.05, 0) is 30.0 Å². The normalized spacial score (nSPS) is 14.7. The molecule has 0 heterocycles. The van der Waals surface area contributed by atoms with E-state index in [9.17, 15) is 0 Å². The SMILES string of the molecule is CN=C(NCCC1CC1)NCc1ccc(OC)c(OC)c1. The molecule has 2 N–H and O–H groups in total. The summed E-state index contributed by atoms with van der Waals surface area (Å²) < 4.78 is 10.5. The van der Waals surface area contributed by atoms with E-state index in [1.165, 1.54) is 19.3 Å². The maximum absolute atomic E-state index is 5.31. The lowest BCUT2D eigenvalue weighted by Gasteiger charge is -2.13. The first kappa shape index (κ1) is 15.5. The number of rotatable bonds is 7. The van der Waals surface area contributed by atoms with Crippen LogP contribution in [0.2, 0.25) is 0 Å². The van der Waals surface area contributed by atoms with Crippen molar-refractivity contribution in [2.75, 3.05) is 27.8 Å². The van der Waals surface area contributed by atoms with Crippen molar-refractivity contribution in [3.8, 4) is 11.5 Å². The summed E-state index contributed by atoms with van der Waals surface area (Å²) in [7, 11) is 5.08. The van der Waals surface area contributed by atoms with Gasteiger partial charge >= 0.3 is 0 Å². The standard InChI is InChI=1S/C16H25N3O2/c1-17-16(18-9-8-12-4-5-12)19-11-13-6-7-14(20-2)15(10-13)21-3/h6-7,10,12H,4-5,8-9,11H2,1-3H3,(H2,17,18,19). The quantitative estimate of drug-likeness (QED) is 0.597. The topological polar surface area (TPSA) is 54.9 Å². The lowest BCUT2D eigenvalue weighted by Crippen LogP contribution is -2.37. The molecule has 1 saturated carbocycles. The van der Waals surface area contributed by atoms with Crippen molar-refractivity contribution in [1.82, 2.24) is 10.6 Å². The van der Waals surface area contributed by atoms with Crippen molar-refractivity contribution in [1.29, 1.82) is 0 Å². The zero-order chi connectivity index (χ0) is 15.1. The van der Waals surface area contributed by atoms with Crippen molar-refractivity contribution >= 4 is 5.96 Å². The van der Waals surface area contributed by atoms with Crippen LogP contribution < -0.4 is 20.1 Å². The number of ether oxygens (including phenoxy) is 2. The highest BCUT2D eigenvalue weighted by Crippen LogP contribution is 2.31. The maximum atomic E-state index is 5.31. The number of nitrogens with one attached hydrogen (secondary N) is 2. The minimum atomic E-state index is 0.698. The van der Waals surface area contributed by atoms with Crippen LogP contribution in [-0.2, 0) is 6.54 Å². The summed E-state index contributed by atoms with van der Waals surface area (Å²) in [5.74, 6) is 3.26. The first-order chi connectivity index (χ1) is 10.3. The molecule has 0 aromatic heterocycles. The third-order valence-electron chi connectivity index (χ3n) is 3.67. The summed E-state index contributed by atoms with van der Waals surface area (Å²) in [6.45, 7) is 1.68. The molecule has 1 aromatic rings. The van der Waals surface area contributed by atoms with Gasteiger partial charge < -0.3 is 20.1 Å². The van der Waals surface area contributed by atoms with E-state index in [4.69, 9.17) is 9.47 Å². The predicted octanol–water partition coefficient (Wildman–Crippen LogP) is 2.17. The Balaban J connectivity index is 1.82. The van der Waals surface area contributed by atoms with E-state index < -0.39 is 0 Å². The number of hydrogen-bond acceptors (Lipinski definition) is 3. The molecule has 0 radical (unpaired) electrons. The van der Waals surface area contributed by atoms with Gasteiger partial charge in [-0.25, -0.2) is 0 Å². The molecule has 0 unspecified atom stereocenters. The molecule has 2 rings (SSSR count). The van der Waals surface area contributed by atoms with Crippen LogP contribution in [0.5, 0.6) is 11.5 Å². The van der Waals surface area contributed by atoms with Gasteiger partial charge in [-0.1, -0.05) is 18.9 Å². The van der Waals surface area contributed by atoms with E-state index >= 15 is 0 Å². The Morgan fingerprint density at radius 1 is 1.19 bits per heavy atom. The van der Waals surface area contributed by atoms with E-state index in [2.05, 4.69) is 15.6 Å². The zero-order valence-corrected chi connectivity index (χ0v) is 13.1. The minimum Gasteiger partial charge on any atom is -0.493 e. The second kappa shape index (κ2) is 7.76. The number of aliphatic imine (C=N–C) groups is 1. The second-order valence-corrected chi connectivity index (χ2v) is 5.27. The Labute approximate surface area is 126 Å². The van der Waals surface area contributed by atoms with Gasteiger partial charge in [-0.2, -0.15) is 0 Å². The van der Waals surface area contributed by atoms with Gasteiger partial charge in [0.25, 0.3) is 0 Å². The lowest BCUT2D eigenvalue weighted by molar-refractivity contribution is 0.354. The van der Waals surface area contributed by atoms with E-state index in [0.717, 1.165) is 35.5 Å². The maximum Gasteiger partial charge on any atom is 0.191 e. The fourth-order valence-electron chi connectivity index (χ4n) is 2.20. The number of methoxy groups -OCH3 is 2. The molecule has 21 heavy (non-hydrogen) atoms. The van der Waals surface area contributed by atoms with Crippen LogP contribution in [0.1, 0.15) is 24.8 Å². The van der Waals surface area contributed by atoms with E-state index in [1.54, 1.807) is 21.3 Å². The monoisotopic (exact) mass is 291 g/mol. The van der Waals surface area contributed by atoms with Crippen LogP contribution in [0.4, 0.5) is 0 Å². The molecular formula is C16H25N3O2. The molecule has 0 aliphatic heterocycles. The van der Waals surface area contributed by atoms with Gasteiger partial charge in [0.2, 0.25) is 0 Å². The van der Waals surface area contributed by atoms with E-state index in [1.807, 2.05) is 18.2 Å². The Hall–Kier alpha value is -1.91. The summed E-state index contributed by atoms with van der Waals surface area (Å²) in [6, 6.07) is 5.91. The zero-order valence-electron chi connectivity index (χ0n) is 13.1. The molecule has 0 amide bonds. The Bertz CT molecular complexity index is 484. The average Bonchev–Trinajstić information content (AvgIpc) is 3.34.